The molecular weight excluding hydrogens is 594 g/mol. The van der Waals surface area contributed by atoms with Gasteiger partial charge in [-0.05, 0) is 47.2 Å². The largest absolute Gasteiger partial charge is 0.481 e. The average Bonchev–Trinajstić information content (AvgIpc) is 3.10. The number of carbonyl (C=O) groups excluding carboxylic acids is 3. The molecule has 0 radical (unpaired) electrons. The van der Waals surface area contributed by atoms with E-state index in [9.17, 15) is 19.2 Å². The van der Waals surface area contributed by atoms with Gasteiger partial charge in [0.1, 0.15) is 0 Å². The number of nitrogens with one attached hydrogen (secondary N) is 3. The highest BCUT2D eigenvalue weighted by Crippen LogP contribution is 2.39. The topological polar surface area (TPSA) is 134 Å². The molecule has 4 N–H and O–H groups in total. The number of carbonyl (C=O) groups is 4. The maximum Gasteiger partial charge on any atom is 0.303 e. The van der Waals surface area contributed by atoms with E-state index >= 15 is 0 Å². The maximum absolute atomic E-state index is 12.9. The van der Waals surface area contributed by atoms with Gasteiger partial charge in [-0.1, -0.05) is 116 Å². The molecule has 0 bridgehead atoms. The van der Waals surface area contributed by atoms with Crippen LogP contribution < -0.4 is 16.1 Å². The number of aliphatic carboxylic acids is 1. The van der Waals surface area contributed by atoms with Crippen LogP contribution >= 0.6 is 0 Å². The molecule has 0 aliphatic rings. The second-order valence-electron chi connectivity index (χ2n) is 11.2. The average molecular weight is 636 g/mol. The van der Waals surface area contributed by atoms with Gasteiger partial charge >= 0.3 is 5.97 Å². The van der Waals surface area contributed by atoms with Crippen LogP contribution in [0.25, 0.3) is 0 Å². The number of hydrogen-bond donors (Lipinski definition) is 4. The minimum atomic E-state index is -1.04. The van der Waals surface area contributed by atoms with Gasteiger partial charge in [-0.2, -0.15) is 0 Å². The van der Waals surface area contributed by atoms with Crippen molar-refractivity contribution in [1.29, 1.82) is 0 Å². The van der Waals surface area contributed by atoms with Gasteiger partial charge in [0, 0.05) is 31.5 Å². The molecule has 4 aromatic rings. The highest BCUT2D eigenvalue weighted by molar-refractivity contribution is 5.90. The zero-order valence-electron chi connectivity index (χ0n) is 26.3. The lowest BCUT2D eigenvalue weighted by Gasteiger charge is -2.35. The quantitative estimate of drug-likeness (QED) is 0.0561. The fourth-order valence-electron chi connectivity index (χ4n) is 5.24. The highest BCUT2D eigenvalue weighted by atomic mass is 16.7. The monoisotopic (exact) mass is 635 g/mol. The SMILES string of the molecule is O=C(O)CCC(=O)NCc1ccc(NC(=O)CCCCCCC(=O)NOC(c2ccccc2)(c2ccccc2)c2ccccc2)cc1. The second kappa shape index (κ2) is 18.0. The smallest absolute Gasteiger partial charge is 0.303 e. The first-order valence-electron chi connectivity index (χ1n) is 15.9. The first-order chi connectivity index (χ1) is 22.9. The van der Waals surface area contributed by atoms with E-state index in [4.69, 9.17) is 9.94 Å². The number of anilines is 1. The molecule has 0 atom stereocenters. The first kappa shape index (κ1) is 34.6. The van der Waals surface area contributed by atoms with Gasteiger partial charge in [-0.25, -0.2) is 5.48 Å². The molecule has 4 aromatic carbocycles. The number of amides is 3. The van der Waals surface area contributed by atoms with E-state index in [-0.39, 0.29) is 37.1 Å². The molecule has 4 rings (SSSR count). The lowest BCUT2D eigenvalue weighted by Crippen LogP contribution is -2.40. The normalized spacial score (nSPS) is 11.0. The summed E-state index contributed by atoms with van der Waals surface area (Å²) in [5.41, 5.74) is 5.88. The van der Waals surface area contributed by atoms with Crippen LogP contribution in [0.5, 0.6) is 0 Å². The standard InChI is InChI=1S/C38H41N3O6/c42-34(26-27-37(45)46)39-28-29-22-24-33(25-23-29)40-35(43)20-12-1-2-13-21-36(44)41-47-38(30-14-6-3-7-15-30,31-16-8-4-9-17-31)32-18-10-5-11-19-32/h3-11,14-19,22-25H,1-2,12-13,20-21,26-28H2,(H,39,42)(H,40,43)(H,41,44)(H,45,46). The summed E-state index contributed by atoms with van der Waals surface area (Å²) >= 11 is 0. The Bertz CT molecular complexity index is 1480. The summed E-state index contributed by atoms with van der Waals surface area (Å²) in [6, 6.07) is 36.7. The summed E-state index contributed by atoms with van der Waals surface area (Å²) in [7, 11) is 0. The van der Waals surface area contributed by atoms with E-state index in [2.05, 4.69) is 16.1 Å². The van der Waals surface area contributed by atoms with E-state index in [1.807, 2.05) is 91.0 Å². The van der Waals surface area contributed by atoms with Crippen LogP contribution in [0.2, 0.25) is 0 Å². The second-order valence-corrected chi connectivity index (χ2v) is 11.2. The number of benzene rings is 4. The summed E-state index contributed by atoms with van der Waals surface area (Å²) in [4.78, 5) is 54.0. The van der Waals surface area contributed by atoms with Crippen molar-refractivity contribution < 1.29 is 29.1 Å². The Morgan fingerprint density at radius 3 is 1.53 bits per heavy atom. The summed E-state index contributed by atoms with van der Waals surface area (Å²) in [6.07, 6.45) is 3.37. The van der Waals surface area contributed by atoms with Crippen molar-refractivity contribution in [3.63, 3.8) is 0 Å². The zero-order chi connectivity index (χ0) is 33.3. The number of unbranched alkanes of at least 4 members (excludes halogenated alkanes) is 3. The van der Waals surface area contributed by atoms with E-state index in [0.29, 0.717) is 31.4 Å². The molecule has 0 unspecified atom stereocenters. The van der Waals surface area contributed by atoms with Crippen molar-refractivity contribution in [2.75, 3.05) is 5.32 Å². The molecule has 3 amide bonds. The molecule has 0 aliphatic heterocycles. The minimum absolute atomic E-state index is 0.0655. The third kappa shape index (κ3) is 10.6. The molecule has 0 heterocycles. The van der Waals surface area contributed by atoms with Gasteiger partial charge in [-0.3, -0.25) is 24.0 Å². The molecule has 47 heavy (non-hydrogen) atoms. The van der Waals surface area contributed by atoms with Crippen LogP contribution in [0.3, 0.4) is 0 Å². The van der Waals surface area contributed by atoms with Crippen LogP contribution in [0.15, 0.2) is 115 Å². The van der Waals surface area contributed by atoms with Crippen molar-refractivity contribution in [3.05, 3.63) is 138 Å². The number of hydroxylamine groups is 1. The highest BCUT2D eigenvalue weighted by Gasteiger charge is 2.39. The summed E-state index contributed by atoms with van der Waals surface area (Å²) in [5, 5.41) is 14.2. The van der Waals surface area contributed by atoms with E-state index in [1.165, 1.54) is 0 Å². The van der Waals surface area contributed by atoms with E-state index < -0.39 is 11.6 Å². The van der Waals surface area contributed by atoms with Crippen LogP contribution in [0.4, 0.5) is 5.69 Å². The minimum Gasteiger partial charge on any atom is -0.481 e. The fraction of sp³-hybridized carbons (Fsp3) is 0.263. The summed E-state index contributed by atoms with van der Waals surface area (Å²) in [6.45, 7) is 0.283. The molecular formula is C38H41N3O6. The Morgan fingerprint density at radius 2 is 1.04 bits per heavy atom. The van der Waals surface area contributed by atoms with Crippen LogP contribution in [0.1, 0.15) is 73.6 Å². The third-order valence-electron chi connectivity index (χ3n) is 7.71. The lowest BCUT2D eigenvalue weighted by atomic mass is 9.80. The maximum atomic E-state index is 12.9. The van der Waals surface area contributed by atoms with Gasteiger partial charge in [0.25, 0.3) is 0 Å². The Balaban J connectivity index is 1.19. The molecule has 0 aromatic heterocycles. The summed E-state index contributed by atoms with van der Waals surface area (Å²) in [5.74, 6) is -1.64. The van der Waals surface area contributed by atoms with Crippen molar-refractivity contribution in [2.24, 2.45) is 0 Å². The molecule has 0 fully saturated rings. The first-order valence-corrected chi connectivity index (χ1v) is 15.9. The Labute approximate surface area is 275 Å². The number of rotatable bonds is 18. The van der Waals surface area contributed by atoms with Crippen molar-refractivity contribution >= 4 is 29.4 Å². The van der Waals surface area contributed by atoms with Gasteiger partial charge in [-0.15, -0.1) is 0 Å². The molecule has 0 spiro atoms. The Morgan fingerprint density at radius 1 is 0.553 bits per heavy atom. The van der Waals surface area contributed by atoms with Gasteiger partial charge in [0.15, 0.2) is 5.60 Å². The fourth-order valence-corrected chi connectivity index (χ4v) is 5.24. The van der Waals surface area contributed by atoms with Crippen LogP contribution in [-0.2, 0) is 36.2 Å². The predicted octanol–water partition coefficient (Wildman–Crippen LogP) is 6.49. The van der Waals surface area contributed by atoms with Crippen molar-refractivity contribution in [1.82, 2.24) is 10.8 Å². The third-order valence-corrected chi connectivity index (χ3v) is 7.71. The Kier molecular flexibility index (Phi) is 13.3. The van der Waals surface area contributed by atoms with Gasteiger partial charge in [0.2, 0.25) is 17.7 Å². The molecule has 9 heteroatoms. The predicted molar refractivity (Wildman–Crippen MR) is 180 cm³/mol. The molecule has 0 saturated carbocycles. The molecule has 9 nitrogen and oxygen atoms in total. The number of carboxylic acids is 1. The van der Waals surface area contributed by atoms with E-state index in [1.54, 1.807) is 24.3 Å². The molecule has 0 aliphatic carbocycles. The van der Waals surface area contributed by atoms with E-state index in [0.717, 1.165) is 35.1 Å². The molecule has 244 valence electrons. The van der Waals surface area contributed by atoms with Crippen molar-refractivity contribution in [2.45, 2.75) is 63.5 Å². The van der Waals surface area contributed by atoms with Crippen LogP contribution in [0, 0.1) is 0 Å². The Hall–Kier alpha value is -5.28. The molecule has 0 saturated heterocycles. The van der Waals surface area contributed by atoms with Crippen molar-refractivity contribution in [3.8, 4) is 0 Å². The van der Waals surface area contributed by atoms with Gasteiger partial charge in [0.05, 0.1) is 6.42 Å². The van der Waals surface area contributed by atoms with Gasteiger partial charge < -0.3 is 15.7 Å². The lowest BCUT2D eigenvalue weighted by molar-refractivity contribution is -0.143. The number of carboxylic acid groups (broad SMARTS) is 1. The number of hydrogen-bond acceptors (Lipinski definition) is 5. The zero-order valence-corrected chi connectivity index (χ0v) is 26.3. The summed E-state index contributed by atoms with van der Waals surface area (Å²) < 4.78 is 0. The van der Waals surface area contributed by atoms with Crippen LogP contribution in [-0.4, -0.2) is 28.8 Å².